The van der Waals surface area contributed by atoms with Crippen LogP contribution in [0, 0.1) is 0 Å². The van der Waals surface area contributed by atoms with Gasteiger partial charge in [-0.3, -0.25) is 9.78 Å². The molecule has 0 aliphatic carbocycles. The highest BCUT2D eigenvalue weighted by Gasteiger charge is 2.33. The highest BCUT2D eigenvalue weighted by Crippen LogP contribution is 2.31. The maximum Gasteiger partial charge on any atom is 0.418 e. The number of aromatic nitrogens is 1. The van der Waals surface area contributed by atoms with E-state index in [1.165, 1.54) is 12.3 Å². The van der Waals surface area contributed by atoms with E-state index in [4.69, 9.17) is 5.11 Å². The Kier molecular flexibility index (Phi) is 3.65. The predicted molar refractivity (Wildman–Crippen MR) is 50.5 cm³/mol. The summed E-state index contributed by atoms with van der Waals surface area (Å²) in [4.78, 5) is 13.7. The smallest absolute Gasteiger partial charge is 0.418 e. The van der Waals surface area contributed by atoms with E-state index >= 15 is 0 Å². The van der Waals surface area contributed by atoms with Crippen LogP contribution in [0.3, 0.4) is 0 Å². The molecule has 0 fully saturated rings. The lowest BCUT2D eigenvalue weighted by atomic mass is 10.1. The molecule has 6 heteroatoms. The second kappa shape index (κ2) is 4.78. The van der Waals surface area contributed by atoms with Crippen LogP contribution in [0.25, 0.3) is 6.08 Å². The zero-order valence-electron chi connectivity index (χ0n) is 8.03. The van der Waals surface area contributed by atoms with E-state index < -0.39 is 17.7 Å². The van der Waals surface area contributed by atoms with Crippen molar-refractivity contribution < 1.29 is 23.1 Å². The minimum atomic E-state index is -4.49. The van der Waals surface area contributed by atoms with Gasteiger partial charge in [-0.1, -0.05) is 6.08 Å². The molecular formula is C10H8F3NO2. The van der Waals surface area contributed by atoms with Crippen LogP contribution in [0.5, 0.6) is 0 Å². The van der Waals surface area contributed by atoms with Crippen molar-refractivity contribution in [2.45, 2.75) is 12.6 Å². The number of nitrogens with zero attached hydrogens (tertiary/aromatic N) is 1. The molecule has 0 spiro atoms. The highest BCUT2D eigenvalue weighted by molar-refractivity contribution is 5.70. The fraction of sp³-hybridized carbons (Fsp3) is 0.200. The van der Waals surface area contributed by atoms with Crippen LogP contribution in [0.1, 0.15) is 17.7 Å². The molecule has 0 aliphatic heterocycles. The number of carbonyl (C=O) groups is 1. The van der Waals surface area contributed by atoms with Gasteiger partial charge in [-0.2, -0.15) is 13.2 Å². The molecule has 16 heavy (non-hydrogen) atoms. The van der Waals surface area contributed by atoms with Gasteiger partial charge < -0.3 is 5.11 Å². The van der Waals surface area contributed by atoms with Crippen LogP contribution in [0.15, 0.2) is 24.4 Å². The first-order valence-electron chi connectivity index (χ1n) is 4.32. The van der Waals surface area contributed by atoms with Crippen LogP contribution in [-0.2, 0) is 11.0 Å². The second-order valence-corrected chi connectivity index (χ2v) is 2.93. The van der Waals surface area contributed by atoms with Crippen molar-refractivity contribution in [2.75, 3.05) is 0 Å². The minimum Gasteiger partial charge on any atom is -0.481 e. The molecule has 0 saturated carbocycles. The molecule has 1 aromatic heterocycles. The number of carboxylic acids is 1. The Morgan fingerprint density at radius 1 is 1.50 bits per heavy atom. The molecule has 0 atom stereocenters. The molecule has 1 N–H and O–H groups in total. The number of halogens is 3. The minimum absolute atomic E-state index is 0.281. The van der Waals surface area contributed by atoms with E-state index in [1.807, 2.05) is 0 Å². The molecule has 0 aromatic carbocycles. The van der Waals surface area contributed by atoms with Gasteiger partial charge in [0.15, 0.2) is 0 Å². The monoisotopic (exact) mass is 231 g/mol. The van der Waals surface area contributed by atoms with E-state index in [-0.39, 0.29) is 12.1 Å². The van der Waals surface area contributed by atoms with Gasteiger partial charge in [0.25, 0.3) is 0 Å². The third-order valence-corrected chi connectivity index (χ3v) is 1.71. The topological polar surface area (TPSA) is 50.2 Å². The van der Waals surface area contributed by atoms with Gasteiger partial charge in [0.2, 0.25) is 0 Å². The molecule has 3 nitrogen and oxygen atoms in total. The summed E-state index contributed by atoms with van der Waals surface area (Å²) in [6.07, 6.45) is -1.43. The van der Waals surface area contributed by atoms with Gasteiger partial charge in [-0.25, -0.2) is 0 Å². The number of pyridine rings is 1. The summed E-state index contributed by atoms with van der Waals surface area (Å²) in [6.45, 7) is 0. The lowest BCUT2D eigenvalue weighted by molar-refractivity contribution is -0.138. The van der Waals surface area contributed by atoms with Crippen molar-refractivity contribution in [2.24, 2.45) is 0 Å². The van der Waals surface area contributed by atoms with Gasteiger partial charge in [0, 0.05) is 6.20 Å². The average molecular weight is 231 g/mol. The van der Waals surface area contributed by atoms with E-state index in [1.54, 1.807) is 0 Å². The normalized spacial score (nSPS) is 11.9. The van der Waals surface area contributed by atoms with Crippen molar-refractivity contribution in [1.82, 2.24) is 4.98 Å². The number of alkyl halides is 3. The lowest BCUT2D eigenvalue weighted by Crippen LogP contribution is -2.08. The van der Waals surface area contributed by atoms with Crippen LogP contribution >= 0.6 is 0 Å². The maximum absolute atomic E-state index is 12.4. The third-order valence-electron chi connectivity index (χ3n) is 1.71. The first kappa shape index (κ1) is 12.2. The number of hydrogen-bond donors (Lipinski definition) is 1. The summed E-state index contributed by atoms with van der Waals surface area (Å²) in [5.74, 6) is -1.11. The number of hydrogen-bond acceptors (Lipinski definition) is 2. The third kappa shape index (κ3) is 3.38. The summed E-state index contributed by atoms with van der Waals surface area (Å²) in [5.41, 5.74) is -1.16. The molecule has 0 bridgehead atoms. The van der Waals surface area contributed by atoms with Crippen LogP contribution < -0.4 is 0 Å². The van der Waals surface area contributed by atoms with E-state index in [2.05, 4.69) is 4.98 Å². The number of aliphatic carboxylic acids is 1. The zero-order valence-corrected chi connectivity index (χ0v) is 8.03. The second-order valence-electron chi connectivity index (χ2n) is 2.93. The Morgan fingerprint density at radius 2 is 2.19 bits per heavy atom. The fourth-order valence-electron chi connectivity index (χ4n) is 1.06. The van der Waals surface area contributed by atoms with Crippen molar-refractivity contribution in [3.8, 4) is 0 Å². The molecule has 1 heterocycles. The van der Waals surface area contributed by atoms with Crippen LogP contribution in [0.2, 0.25) is 0 Å². The standard InChI is InChI=1S/C10H8F3NO2/c11-10(12,13)7-3-2-6-14-8(7)4-1-5-9(15)16/h1-4,6H,5H2,(H,15,16). The van der Waals surface area contributed by atoms with Crippen LogP contribution in [-0.4, -0.2) is 16.1 Å². The van der Waals surface area contributed by atoms with Crippen molar-refractivity contribution in [3.05, 3.63) is 35.7 Å². The first-order valence-corrected chi connectivity index (χ1v) is 4.32. The molecule has 0 unspecified atom stereocenters. The predicted octanol–water partition coefficient (Wildman–Crippen LogP) is 2.59. The number of rotatable bonds is 3. The molecule has 1 rings (SSSR count). The van der Waals surface area contributed by atoms with Crippen LogP contribution in [0.4, 0.5) is 13.2 Å². The molecule has 0 aliphatic rings. The molecule has 0 amide bonds. The van der Waals surface area contributed by atoms with Crippen molar-refractivity contribution in [3.63, 3.8) is 0 Å². The summed E-state index contributed by atoms with van der Waals surface area (Å²) in [5, 5.41) is 8.33. The highest BCUT2D eigenvalue weighted by atomic mass is 19.4. The Labute approximate surface area is 89.2 Å². The summed E-state index contributed by atoms with van der Waals surface area (Å²) >= 11 is 0. The van der Waals surface area contributed by atoms with Gasteiger partial charge in [-0.15, -0.1) is 0 Å². The Morgan fingerprint density at radius 3 is 2.75 bits per heavy atom. The molecule has 0 saturated heterocycles. The van der Waals surface area contributed by atoms with Gasteiger partial charge >= 0.3 is 12.1 Å². The average Bonchev–Trinajstić information content (AvgIpc) is 2.16. The van der Waals surface area contributed by atoms with Gasteiger partial charge in [0.1, 0.15) is 0 Å². The lowest BCUT2D eigenvalue weighted by Gasteiger charge is -2.08. The molecule has 86 valence electrons. The first-order chi connectivity index (χ1) is 7.41. The van der Waals surface area contributed by atoms with Crippen molar-refractivity contribution >= 4 is 12.0 Å². The molecule has 1 aromatic rings. The molecule has 0 radical (unpaired) electrons. The summed E-state index contributed by atoms with van der Waals surface area (Å²) < 4.78 is 37.3. The van der Waals surface area contributed by atoms with E-state index in [0.717, 1.165) is 18.2 Å². The Hall–Kier alpha value is -1.85. The summed E-state index contributed by atoms with van der Waals surface area (Å²) in [6, 6.07) is 2.07. The largest absolute Gasteiger partial charge is 0.481 e. The Bertz CT molecular complexity index is 413. The van der Waals surface area contributed by atoms with E-state index in [9.17, 15) is 18.0 Å². The Balaban J connectivity index is 2.96. The fourth-order valence-corrected chi connectivity index (χ4v) is 1.06. The SMILES string of the molecule is O=C(O)CC=Cc1ncccc1C(F)(F)F. The van der Waals surface area contributed by atoms with Crippen molar-refractivity contribution in [1.29, 1.82) is 0 Å². The van der Waals surface area contributed by atoms with Gasteiger partial charge in [-0.05, 0) is 18.2 Å². The van der Waals surface area contributed by atoms with E-state index in [0.29, 0.717) is 0 Å². The maximum atomic E-state index is 12.4. The zero-order chi connectivity index (χ0) is 12.2. The van der Waals surface area contributed by atoms with Gasteiger partial charge in [0.05, 0.1) is 17.7 Å². The summed E-state index contributed by atoms with van der Waals surface area (Å²) in [7, 11) is 0. The molecular weight excluding hydrogens is 223 g/mol. The quantitative estimate of drug-likeness (QED) is 0.869. The number of carboxylic acid groups (broad SMARTS) is 1.